The highest BCUT2D eigenvalue weighted by molar-refractivity contribution is 5.94. The summed E-state index contributed by atoms with van der Waals surface area (Å²) in [7, 11) is 0. The molecule has 0 bridgehead atoms. The molecular formula is C12H16ClF3N2O. The highest BCUT2D eigenvalue weighted by Gasteiger charge is 2.30. The molecule has 3 N–H and O–H groups in total. The Morgan fingerprint density at radius 1 is 1.21 bits per heavy atom. The van der Waals surface area contributed by atoms with E-state index >= 15 is 0 Å². The Morgan fingerprint density at radius 3 is 2.05 bits per heavy atom. The molecule has 0 atom stereocenters. The van der Waals surface area contributed by atoms with Gasteiger partial charge < -0.3 is 11.1 Å². The van der Waals surface area contributed by atoms with E-state index in [1.54, 1.807) is 13.8 Å². The third kappa shape index (κ3) is 5.08. The maximum Gasteiger partial charge on any atom is 0.416 e. The van der Waals surface area contributed by atoms with Crippen LogP contribution in [0.4, 0.5) is 13.2 Å². The number of hydrogen-bond acceptors (Lipinski definition) is 2. The van der Waals surface area contributed by atoms with Gasteiger partial charge in [0.2, 0.25) is 0 Å². The molecule has 1 amide bonds. The van der Waals surface area contributed by atoms with Gasteiger partial charge in [0.25, 0.3) is 5.91 Å². The van der Waals surface area contributed by atoms with Crippen molar-refractivity contribution in [1.29, 1.82) is 0 Å². The first-order chi connectivity index (χ1) is 8.15. The normalized spacial score (nSPS) is 11.7. The van der Waals surface area contributed by atoms with Crippen LogP contribution in [0, 0.1) is 0 Å². The molecule has 1 aromatic rings. The second-order valence-corrected chi connectivity index (χ2v) is 4.62. The van der Waals surface area contributed by atoms with E-state index in [0.29, 0.717) is 0 Å². The lowest BCUT2D eigenvalue weighted by atomic mass is 10.0. The Hall–Kier alpha value is -1.27. The topological polar surface area (TPSA) is 55.1 Å². The Labute approximate surface area is 115 Å². The molecule has 1 rings (SSSR count). The number of halogens is 4. The molecule has 7 heteroatoms. The first-order valence-electron chi connectivity index (χ1n) is 5.35. The minimum Gasteiger partial charge on any atom is -0.346 e. The third-order valence-corrected chi connectivity index (χ3v) is 2.44. The summed E-state index contributed by atoms with van der Waals surface area (Å²) in [5.41, 5.74) is 4.24. The van der Waals surface area contributed by atoms with Crippen LogP contribution < -0.4 is 11.1 Å². The summed E-state index contributed by atoms with van der Waals surface area (Å²) in [4.78, 5) is 11.7. The number of rotatable bonds is 3. The standard InChI is InChI=1S/C12H15F3N2O.ClH/c1-11(2,7-16)17-10(18)8-3-5-9(6-4-8)12(13,14)15;/h3-6H,7,16H2,1-2H3,(H,17,18);1H. The first kappa shape index (κ1) is 17.7. The minimum atomic E-state index is -4.40. The van der Waals surface area contributed by atoms with Gasteiger partial charge in [-0.05, 0) is 38.1 Å². The molecule has 0 saturated heterocycles. The average Bonchev–Trinajstić information content (AvgIpc) is 2.27. The third-order valence-electron chi connectivity index (χ3n) is 2.44. The van der Waals surface area contributed by atoms with E-state index in [4.69, 9.17) is 5.73 Å². The van der Waals surface area contributed by atoms with Crippen LogP contribution >= 0.6 is 12.4 Å². The lowest BCUT2D eigenvalue weighted by Crippen LogP contribution is -2.48. The molecule has 0 fully saturated rings. The monoisotopic (exact) mass is 296 g/mol. The van der Waals surface area contributed by atoms with Crippen LogP contribution in [0.5, 0.6) is 0 Å². The summed E-state index contributed by atoms with van der Waals surface area (Å²) in [5, 5.41) is 2.64. The van der Waals surface area contributed by atoms with Crippen molar-refractivity contribution in [2.75, 3.05) is 6.54 Å². The number of carbonyl (C=O) groups excluding carboxylic acids is 1. The molecule has 19 heavy (non-hydrogen) atoms. The SMILES string of the molecule is CC(C)(CN)NC(=O)c1ccc(C(F)(F)F)cc1.Cl. The fraction of sp³-hybridized carbons (Fsp3) is 0.417. The second-order valence-electron chi connectivity index (χ2n) is 4.62. The molecule has 0 aliphatic carbocycles. The van der Waals surface area contributed by atoms with Crippen LogP contribution in [0.15, 0.2) is 24.3 Å². The molecule has 0 aliphatic heterocycles. The molecule has 0 radical (unpaired) electrons. The Kier molecular flexibility index (Phi) is 5.83. The van der Waals surface area contributed by atoms with Crippen LogP contribution in [-0.2, 0) is 6.18 Å². The van der Waals surface area contributed by atoms with E-state index in [1.165, 1.54) is 0 Å². The molecule has 0 aliphatic rings. The van der Waals surface area contributed by atoms with E-state index in [1.807, 2.05) is 0 Å². The van der Waals surface area contributed by atoms with Gasteiger partial charge in [-0.1, -0.05) is 0 Å². The van der Waals surface area contributed by atoms with Crippen molar-refractivity contribution in [1.82, 2.24) is 5.32 Å². The van der Waals surface area contributed by atoms with Gasteiger partial charge in [0.05, 0.1) is 5.56 Å². The van der Waals surface area contributed by atoms with Crippen molar-refractivity contribution >= 4 is 18.3 Å². The van der Waals surface area contributed by atoms with E-state index in [2.05, 4.69) is 5.32 Å². The predicted octanol–water partition coefficient (Wildman–Crippen LogP) is 2.59. The summed E-state index contributed by atoms with van der Waals surface area (Å²) in [5.74, 6) is -0.445. The largest absolute Gasteiger partial charge is 0.416 e. The summed E-state index contributed by atoms with van der Waals surface area (Å²) in [6.45, 7) is 3.70. The van der Waals surface area contributed by atoms with Gasteiger partial charge in [0.15, 0.2) is 0 Å². The maximum absolute atomic E-state index is 12.3. The van der Waals surface area contributed by atoms with Crippen molar-refractivity contribution in [3.8, 4) is 0 Å². The van der Waals surface area contributed by atoms with Crippen molar-refractivity contribution in [2.45, 2.75) is 25.6 Å². The van der Waals surface area contributed by atoms with Crippen molar-refractivity contribution in [3.05, 3.63) is 35.4 Å². The smallest absolute Gasteiger partial charge is 0.346 e. The molecular weight excluding hydrogens is 281 g/mol. The van der Waals surface area contributed by atoms with E-state index < -0.39 is 23.2 Å². The van der Waals surface area contributed by atoms with Crippen LogP contribution in [0.3, 0.4) is 0 Å². The highest BCUT2D eigenvalue weighted by atomic mass is 35.5. The highest BCUT2D eigenvalue weighted by Crippen LogP contribution is 2.29. The van der Waals surface area contributed by atoms with Crippen molar-refractivity contribution in [2.24, 2.45) is 5.73 Å². The number of alkyl halides is 3. The number of amides is 1. The molecule has 108 valence electrons. The number of carbonyl (C=O) groups is 1. The zero-order valence-corrected chi connectivity index (χ0v) is 11.4. The van der Waals surface area contributed by atoms with Gasteiger partial charge >= 0.3 is 6.18 Å². The van der Waals surface area contributed by atoms with E-state index in [-0.39, 0.29) is 24.5 Å². The molecule has 0 unspecified atom stereocenters. The maximum atomic E-state index is 12.3. The Morgan fingerprint density at radius 2 is 1.68 bits per heavy atom. The van der Waals surface area contributed by atoms with Crippen LogP contribution in [0.2, 0.25) is 0 Å². The lowest BCUT2D eigenvalue weighted by Gasteiger charge is -2.24. The Bertz CT molecular complexity index is 430. The molecule has 3 nitrogen and oxygen atoms in total. The summed E-state index contributed by atoms with van der Waals surface area (Å²) in [6.07, 6.45) is -4.40. The van der Waals surface area contributed by atoms with E-state index in [9.17, 15) is 18.0 Å². The lowest BCUT2D eigenvalue weighted by molar-refractivity contribution is -0.137. The summed E-state index contributed by atoms with van der Waals surface area (Å²) < 4.78 is 37.0. The van der Waals surface area contributed by atoms with Gasteiger partial charge in [-0.2, -0.15) is 13.2 Å². The van der Waals surface area contributed by atoms with Gasteiger partial charge in [0.1, 0.15) is 0 Å². The van der Waals surface area contributed by atoms with Crippen LogP contribution in [0.1, 0.15) is 29.8 Å². The molecule has 0 aromatic heterocycles. The number of nitrogens with one attached hydrogen (secondary N) is 1. The molecule has 0 spiro atoms. The summed E-state index contributed by atoms with van der Waals surface area (Å²) >= 11 is 0. The number of hydrogen-bond donors (Lipinski definition) is 2. The first-order valence-corrected chi connectivity index (χ1v) is 5.35. The number of nitrogens with two attached hydrogens (primary N) is 1. The van der Waals surface area contributed by atoms with Gasteiger partial charge in [-0.3, -0.25) is 4.79 Å². The van der Waals surface area contributed by atoms with Crippen LogP contribution in [-0.4, -0.2) is 18.0 Å². The zero-order chi connectivity index (χ0) is 14.0. The molecule has 1 aromatic carbocycles. The predicted molar refractivity (Wildman–Crippen MR) is 69.3 cm³/mol. The second kappa shape index (κ2) is 6.25. The fourth-order valence-corrected chi connectivity index (χ4v) is 1.24. The number of benzene rings is 1. The zero-order valence-electron chi connectivity index (χ0n) is 10.5. The summed E-state index contributed by atoms with van der Waals surface area (Å²) in [6, 6.07) is 4.05. The molecule has 0 heterocycles. The van der Waals surface area contributed by atoms with Crippen LogP contribution in [0.25, 0.3) is 0 Å². The Balaban J connectivity index is 0.00000324. The van der Waals surface area contributed by atoms with Crippen molar-refractivity contribution in [3.63, 3.8) is 0 Å². The van der Waals surface area contributed by atoms with Crippen molar-refractivity contribution < 1.29 is 18.0 Å². The van der Waals surface area contributed by atoms with Gasteiger partial charge in [-0.25, -0.2) is 0 Å². The minimum absolute atomic E-state index is 0. The quantitative estimate of drug-likeness (QED) is 0.901. The average molecular weight is 297 g/mol. The van der Waals surface area contributed by atoms with Gasteiger partial charge in [-0.15, -0.1) is 12.4 Å². The molecule has 0 saturated carbocycles. The van der Waals surface area contributed by atoms with Gasteiger partial charge in [0, 0.05) is 17.6 Å². The van der Waals surface area contributed by atoms with E-state index in [0.717, 1.165) is 24.3 Å². The fourth-order valence-electron chi connectivity index (χ4n) is 1.24.